The van der Waals surface area contributed by atoms with E-state index >= 15 is 0 Å². The van der Waals surface area contributed by atoms with Gasteiger partial charge in [0.15, 0.2) is 0 Å². The summed E-state index contributed by atoms with van der Waals surface area (Å²) in [6.45, 7) is 5.67. The third kappa shape index (κ3) is 8.61. The van der Waals surface area contributed by atoms with Gasteiger partial charge in [-0.3, -0.25) is 0 Å². The Kier molecular flexibility index (Phi) is 10.4. The molecule has 0 aromatic heterocycles. The van der Waals surface area contributed by atoms with Crippen molar-refractivity contribution in [3.05, 3.63) is 11.6 Å². The van der Waals surface area contributed by atoms with Crippen molar-refractivity contribution in [1.82, 2.24) is 0 Å². The van der Waals surface area contributed by atoms with Crippen molar-refractivity contribution in [2.45, 2.75) is 77.2 Å². The Morgan fingerprint density at radius 3 is 2.58 bits per heavy atom. The van der Waals surface area contributed by atoms with Crippen LogP contribution < -0.4 is 0 Å². The standard InChI is InChI=1S/C16H32O2Si/c1-3-17-16(18-4-2)19-14-10-13-15-11-8-6-5-7-9-12-15/h11,16H,3-10,12-14,19H2,1-2H3. The number of allylic oxidation sites excluding steroid dienone is 2. The molecule has 0 bridgehead atoms. The second-order valence-electron chi connectivity index (χ2n) is 5.40. The van der Waals surface area contributed by atoms with Crippen LogP contribution in [0.1, 0.15) is 65.2 Å². The van der Waals surface area contributed by atoms with E-state index in [1.807, 2.05) is 0 Å². The van der Waals surface area contributed by atoms with E-state index in [1.54, 1.807) is 5.57 Å². The normalized spacial score (nSPS) is 17.7. The van der Waals surface area contributed by atoms with Crippen molar-refractivity contribution in [3.8, 4) is 0 Å². The molecule has 0 fully saturated rings. The van der Waals surface area contributed by atoms with Gasteiger partial charge in [-0.25, -0.2) is 0 Å². The molecule has 0 saturated heterocycles. The van der Waals surface area contributed by atoms with Gasteiger partial charge in [0.05, 0.1) is 9.52 Å². The van der Waals surface area contributed by atoms with Gasteiger partial charge in [0, 0.05) is 13.2 Å². The fourth-order valence-corrected chi connectivity index (χ4v) is 4.41. The van der Waals surface area contributed by atoms with Crippen molar-refractivity contribution in [3.63, 3.8) is 0 Å². The molecule has 19 heavy (non-hydrogen) atoms. The molecule has 0 unspecified atom stereocenters. The topological polar surface area (TPSA) is 18.5 Å². The Hall–Kier alpha value is -0.123. The maximum atomic E-state index is 5.64. The lowest BCUT2D eigenvalue weighted by Crippen LogP contribution is -2.24. The molecular weight excluding hydrogens is 252 g/mol. The molecule has 0 aromatic carbocycles. The summed E-state index contributed by atoms with van der Waals surface area (Å²) in [6.07, 6.45) is 13.5. The lowest BCUT2D eigenvalue weighted by molar-refractivity contribution is -0.0827. The molecule has 0 heterocycles. The van der Waals surface area contributed by atoms with E-state index in [0.717, 1.165) is 13.2 Å². The Morgan fingerprint density at radius 1 is 1.11 bits per heavy atom. The summed E-state index contributed by atoms with van der Waals surface area (Å²) in [7, 11) is -0.230. The predicted molar refractivity (Wildman–Crippen MR) is 85.4 cm³/mol. The first-order valence-corrected chi connectivity index (χ1v) is 10.1. The molecule has 1 rings (SSSR count). The summed E-state index contributed by atoms with van der Waals surface area (Å²) in [6, 6.07) is 1.35. The van der Waals surface area contributed by atoms with Gasteiger partial charge in [-0.1, -0.05) is 37.0 Å². The molecule has 1 aliphatic carbocycles. The molecule has 0 amide bonds. The van der Waals surface area contributed by atoms with Crippen molar-refractivity contribution < 1.29 is 9.47 Å². The summed E-state index contributed by atoms with van der Waals surface area (Å²) >= 11 is 0. The van der Waals surface area contributed by atoms with Crippen LogP contribution in [-0.2, 0) is 9.47 Å². The van der Waals surface area contributed by atoms with Crippen LogP contribution in [0.4, 0.5) is 0 Å². The first-order chi connectivity index (χ1) is 9.36. The van der Waals surface area contributed by atoms with Gasteiger partial charge >= 0.3 is 0 Å². The van der Waals surface area contributed by atoms with Crippen LogP contribution in [-0.4, -0.2) is 28.6 Å². The first kappa shape index (κ1) is 16.9. The van der Waals surface area contributed by atoms with E-state index in [2.05, 4.69) is 19.9 Å². The largest absolute Gasteiger partial charge is 0.357 e. The van der Waals surface area contributed by atoms with Gasteiger partial charge in [0.2, 0.25) is 0 Å². The van der Waals surface area contributed by atoms with E-state index in [-0.39, 0.29) is 15.4 Å². The van der Waals surface area contributed by atoms with Crippen LogP contribution in [0, 0.1) is 0 Å². The summed E-state index contributed by atoms with van der Waals surface area (Å²) < 4.78 is 11.3. The SMILES string of the molecule is CCOC(OCC)[SiH2]CCCC1=CCCCCCC1. The lowest BCUT2D eigenvalue weighted by Gasteiger charge is -2.16. The second-order valence-corrected chi connectivity index (χ2v) is 7.35. The quantitative estimate of drug-likeness (QED) is 0.276. The minimum Gasteiger partial charge on any atom is -0.357 e. The van der Waals surface area contributed by atoms with Crippen molar-refractivity contribution in [2.24, 2.45) is 0 Å². The Balaban J connectivity index is 2.13. The predicted octanol–water partition coefficient (Wildman–Crippen LogP) is 3.99. The molecule has 112 valence electrons. The highest BCUT2D eigenvalue weighted by atomic mass is 28.2. The third-order valence-corrected chi connectivity index (χ3v) is 5.63. The maximum Gasteiger partial charge on any atom is 0.134 e. The summed E-state index contributed by atoms with van der Waals surface area (Å²) in [5.74, 6) is 0.154. The molecule has 0 aromatic rings. The molecular formula is C16H32O2Si. The van der Waals surface area contributed by atoms with Crippen LogP contribution in [0.5, 0.6) is 0 Å². The van der Waals surface area contributed by atoms with Crippen LogP contribution in [0.15, 0.2) is 11.6 Å². The average Bonchev–Trinajstić information content (AvgIpc) is 2.36. The van der Waals surface area contributed by atoms with Crippen LogP contribution in [0.3, 0.4) is 0 Å². The molecule has 3 heteroatoms. The molecule has 0 saturated carbocycles. The highest BCUT2D eigenvalue weighted by Crippen LogP contribution is 2.21. The van der Waals surface area contributed by atoms with Crippen molar-refractivity contribution in [1.29, 1.82) is 0 Å². The fraction of sp³-hybridized carbons (Fsp3) is 0.875. The molecule has 0 atom stereocenters. The first-order valence-electron chi connectivity index (χ1n) is 8.28. The van der Waals surface area contributed by atoms with E-state index in [0.29, 0.717) is 0 Å². The second kappa shape index (κ2) is 11.7. The van der Waals surface area contributed by atoms with Crippen LogP contribution in [0.25, 0.3) is 0 Å². The van der Waals surface area contributed by atoms with Crippen LogP contribution >= 0.6 is 0 Å². The molecule has 0 N–H and O–H groups in total. The third-order valence-electron chi connectivity index (χ3n) is 3.78. The van der Waals surface area contributed by atoms with Gasteiger partial charge in [-0.15, -0.1) is 0 Å². The molecule has 1 aliphatic rings. The highest BCUT2D eigenvalue weighted by molar-refractivity contribution is 6.36. The fourth-order valence-electron chi connectivity index (χ4n) is 2.73. The van der Waals surface area contributed by atoms with Gasteiger partial charge in [-0.05, 0) is 46.0 Å². The number of rotatable bonds is 9. The average molecular weight is 285 g/mol. The van der Waals surface area contributed by atoms with Gasteiger partial charge < -0.3 is 9.47 Å². The molecule has 0 spiro atoms. The maximum absolute atomic E-state index is 5.64. The minimum atomic E-state index is -0.230. The minimum absolute atomic E-state index is 0.154. The summed E-state index contributed by atoms with van der Waals surface area (Å²) in [4.78, 5) is 0. The van der Waals surface area contributed by atoms with E-state index in [1.165, 1.54) is 57.4 Å². The number of ether oxygens (including phenoxy) is 2. The van der Waals surface area contributed by atoms with E-state index in [4.69, 9.17) is 9.47 Å². The highest BCUT2D eigenvalue weighted by Gasteiger charge is 2.08. The van der Waals surface area contributed by atoms with Crippen molar-refractivity contribution >= 4 is 9.52 Å². The smallest absolute Gasteiger partial charge is 0.134 e. The van der Waals surface area contributed by atoms with Crippen LogP contribution in [0.2, 0.25) is 6.04 Å². The molecule has 2 nitrogen and oxygen atoms in total. The van der Waals surface area contributed by atoms with Crippen molar-refractivity contribution in [2.75, 3.05) is 13.2 Å². The monoisotopic (exact) mass is 284 g/mol. The zero-order valence-corrected chi connectivity index (χ0v) is 14.4. The zero-order chi connectivity index (χ0) is 13.8. The summed E-state index contributed by atoms with van der Waals surface area (Å²) in [5, 5.41) is 0. The number of hydrogen-bond acceptors (Lipinski definition) is 2. The summed E-state index contributed by atoms with van der Waals surface area (Å²) in [5.41, 5.74) is 1.72. The van der Waals surface area contributed by atoms with E-state index in [9.17, 15) is 0 Å². The van der Waals surface area contributed by atoms with Gasteiger partial charge in [0.25, 0.3) is 0 Å². The van der Waals surface area contributed by atoms with Gasteiger partial charge in [0.1, 0.15) is 5.91 Å². The Bertz CT molecular complexity index is 235. The Labute approximate surface area is 121 Å². The molecule has 0 radical (unpaired) electrons. The zero-order valence-electron chi connectivity index (χ0n) is 13.0. The lowest BCUT2D eigenvalue weighted by atomic mass is 9.97. The Morgan fingerprint density at radius 2 is 1.84 bits per heavy atom. The molecule has 0 aliphatic heterocycles. The van der Waals surface area contributed by atoms with Gasteiger partial charge in [-0.2, -0.15) is 0 Å². The van der Waals surface area contributed by atoms with E-state index < -0.39 is 0 Å². The number of hydrogen-bond donors (Lipinski definition) is 0.